The molecule has 2 nitrogen and oxygen atoms in total. The molecule has 0 aliphatic rings. The van der Waals surface area contributed by atoms with Crippen LogP contribution in [0.1, 0.15) is 22.7 Å². The topological polar surface area (TPSA) is 24.9 Å². The fraction of sp³-hybridized carbons (Fsp3) is 0.267. The summed E-state index contributed by atoms with van der Waals surface area (Å²) < 4.78 is 52.3. The zero-order valence-corrected chi connectivity index (χ0v) is 11.3. The van der Waals surface area contributed by atoms with Crippen molar-refractivity contribution < 1.29 is 17.6 Å². The molecule has 1 aromatic heterocycles. The van der Waals surface area contributed by atoms with Gasteiger partial charge in [-0.1, -0.05) is 12.1 Å². The van der Waals surface area contributed by atoms with Gasteiger partial charge in [0, 0.05) is 18.4 Å². The van der Waals surface area contributed by atoms with Gasteiger partial charge in [0.2, 0.25) is 0 Å². The van der Waals surface area contributed by atoms with Crippen LogP contribution in [0.5, 0.6) is 0 Å². The molecule has 0 aliphatic carbocycles. The second kappa shape index (κ2) is 6.22. The molecule has 0 radical (unpaired) electrons. The van der Waals surface area contributed by atoms with Crippen molar-refractivity contribution in [2.24, 2.45) is 0 Å². The van der Waals surface area contributed by atoms with Gasteiger partial charge in [0.05, 0.1) is 5.56 Å². The first kappa shape index (κ1) is 15.4. The molecular weight excluding hydrogens is 284 g/mol. The number of likely N-dealkylation sites (N-methyl/N-ethyl adjacent to an activating group) is 1. The van der Waals surface area contributed by atoms with Gasteiger partial charge < -0.3 is 5.32 Å². The molecule has 6 heteroatoms. The lowest BCUT2D eigenvalue weighted by Crippen LogP contribution is -2.23. The number of hydrogen-bond acceptors (Lipinski definition) is 2. The molecule has 0 saturated carbocycles. The smallest absolute Gasteiger partial charge is 0.313 e. The average Bonchev–Trinajstić information content (AvgIpc) is 2.44. The fourth-order valence-electron chi connectivity index (χ4n) is 2.21. The van der Waals surface area contributed by atoms with Crippen molar-refractivity contribution in [3.05, 3.63) is 65.2 Å². The SMILES string of the molecule is CNC(Cc1cccc(F)c1)c1cnccc1C(F)(F)F. The van der Waals surface area contributed by atoms with Crippen molar-refractivity contribution in [2.45, 2.75) is 18.6 Å². The highest BCUT2D eigenvalue weighted by Gasteiger charge is 2.35. The largest absolute Gasteiger partial charge is 0.416 e. The van der Waals surface area contributed by atoms with Crippen LogP contribution in [0.3, 0.4) is 0 Å². The summed E-state index contributed by atoms with van der Waals surface area (Å²) in [4.78, 5) is 3.77. The minimum atomic E-state index is -4.45. The molecule has 0 aliphatic heterocycles. The van der Waals surface area contributed by atoms with Gasteiger partial charge in [-0.15, -0.1) is 0 Å². The van der Waals surface area contributed by atoms with E-state index in [2.05, 4.69) is 10.3 Å². The fourth-order valence-corrected chi connectivity index (χ4v) is 2.21. The molecule has 1 N–H and O–H groups in total. The summed E-state index contributed by atoms with van der Waals surface area (Å²) in [7, 11) is 1.57. The number of hydrogen-bond donors (Lipinski definition) is 1. The van der Waals surface area contributed by atoms with Crippen molar-refractivity contribution in [1.29, 1.82) is 0 Å². The van der Waals surface area contributed by atoms with E-state index in [0.29, 0.717) is 5.56 Å². The van der Waals surface area contributed by atoms with Gasteiger partial charge in [0.1, 0.15) is 5.82 Å². The van der Waals surface area contributed by atoms with Gasteiger partial charge in [-0.3, -0.25) is 4.98 Å². The number of rotatable bonds is 4. The summed E-state index contributed by atoms with van der Waals surface area (Å²) in [6, 6.07) is 6.17. The first-order valence-electron chi connectivity index (χ1n) is 6.34. The first-order valence-corrected chi connectivity index (χ1v) is 6.34. The highest BCUT2D eigenvalue weighted by molar-refractivity contribution is 5.31. The zero-order chi connectivity index (χ0) is 15.5. The van der Waals surface area contributed by atoms with Crippen LogP contribution in [-0.4, -0.2) is 12.0 Å². The van der Waals surface area contributed by atoms with Crippen molar-refractivity contribution in [2.75, 3.05) is 7.05 Å². The number of benzene rings is 1. The predicted molar refractivity (Wildman–Crippen MR) is 71.1 cm³/mol. The van der Waals surface area contributed by atoms with E-state index in [1.807, 2.05) is 0 Å². The highest BCUT2D eigenvalue weighted by atomic mass is 19.4. The molecule has 1 atom stereocenters. The van der Waals surface area contributed by atoms with Crippen molar-refractivity contribution in [1.82, 2.24) is 10.3 Å². The van der Waals surface area contributed by atoms with E-state index >= 15 is 0 Å². The maximum absolute atomic E-state index is 13.2. The number of pyridine rings is 1. The molecular formula is C15H14F4N2. The monoisotopic (exact) mass is 298 g/mol. The van der Waals surface area contributed by atoms with Crippen LogP contribution < -0.4 is 5.32 Å². The van der Waals surface area contributed by atoms with Crippen molar-refractivity contribution in [3.63, 3.8) is 0 Å². The highest BCUT2D eigenvalue weighted by Crippen LogP contribution is 2.34. The first-order chi connectivity index (χ1) is 9.91. The Kier molecular flexibility index (Phi) is 4.57. The average molecular weight is 298 g/mol. The Hall–Kier alpha value is -1.95. The Bertz CT molecular complexity index is 611. The summed E-state index contributed by atoms with van der Waals surface area (Å²) in [5.41, 5.74) is -0.0589. The number of alkyl halides is 3. The minimum absolute atomic E-state index is 0.0526. The lowest BCUT2D eigenvalue weighted by atomic mass is 9.96. The maximum Gasteiger partial charge on any atom is 0.416 e. The summed E-state index contributed by atoms with van der Waals surface area (Å²) in [5.74, 6) is -0.412. The van der Waals surface area contributed by atoms with Gasteiger partial charge in [-0.2, -0.15) is 13.2 Å². The third-order valence-corrected chi connectivity index (χ3v) is 3.21. The quantitative estimate of drug-likeness (QED) is 0.870. The van der Waals surface area contributed by atoms with Gasteiger partial charge >= 0.3 is 6.18 Å². The molecule has 1 aromatic carbocycles. The van der Waals surface area contributed by atoms with E-state index in [-0.39, 0.29) is 12.0 Å². The van der Waals surface area contributed by atoms with E-state index in [4.69, 9.17) is 0 Å². The molecule has 0 fully saturated rings. The lowest BCUT2D eigenvalue weighted by Gasteiger charge is -2.21. The molecule has 0 bridgehead atoms. The van der Waals surface area contributed by atoms with Gasteiger partial charge in [-0.25, -0.2) is 4.39 Å². The van der Waals surface area contributed by atoms with Crippen LogP contribution in [0.15, 0.2) is 42.7 Å². The van der Waals surface area contributed by atoms with Crippen LogP contribution >= 0.6 is 0 Å². The molecule has 0 saturated heterocycles. The van der Waals surface area contributed by atoms with E-state index in [1.165, 1.54) is 24.4 Å². The Morgan fingerprint density at radius 2 is 2.00 bits per heavy atom. The molecule has 0 spiro atoms. The summed E-state index contributed by atoms with van der Waals surface area (Å²) >= 11 is 0. The molecule has 21 heavy (non-hydrogen) atoms. The molecule has 0 amide bonds. The van der Waals surface area contributed by atoms with Crippen LogP contribution in [-0.2, 0) is 12.6 Å². The standard InChI is InChI=1S/C15H14F4N2/c1-20-14(8-10-3-2-4-11(16)7-10)12-9-21-6-5-13(12)15(17,18)19/h2-7,9,14,20H,8H2,1H3. The van der Waals surface area contributed by atoms with Crippen LogP contribution in [0.2, 0.25) is 0 Å². The normalized spacial score (nSPS) is 13.2. The maximum atomic E-state index is 13.2. The number of nitrogens with one attached hydrogen (secondary N) is 1. The van der Waals surface area contributed by atoms with Gasteiger partial charge in [0.15, 0.2) is 0 Å². The molecule has 112 valence electrons. The molecule has 2 rings (SSSR count). The lowest BCUT2D eigenvalue weighted by molar-refractivity contribution is -0.138. The van der Waals surface area contributed by atoms with Crippen molar-refractivity contribution >= 4 is 0 Å². The summed E-state index contributed by atoms with van der Waals surface area (Å²) in [6.07, 6.45) is -1.90. The van der Waals surface area contributed by atoms with Gasteiger partial charge in [0.25, 0.3) is 0 Å². The Morgan fingerprint density at radius 1 is 1.24 bits per heavy atom. The number of halogens is 4. The third-order valence-electron chi connectivity index (χ3n) is 3.21. The van der Waals surface area contributed by atoms with Crippen LogP contribution in [0, 0.1) is 5.82 Å². The third kappa shape index (κ3) is 3.78. The Labute approximate surface area is 119 Å². The van der Waals surface area contributed by atoms with Crippen LogP contribution in [0.25, 0.3) is 0 Å². The Morgan fingerprint density at radius 3 is 2.62 bits per heavy atom. The Balaban J connectivity index is 2.34. The molecule has 2 aromatic rings. The predicted octanol–water partition coefficient (Wildman–Crippen LogP) is 3.74. The summed E-state index contributed by atoms with van der Waals surface area (Å²) in [5, 5.41) is 2.84. The van der Waals surface area contributed by atoms with Crippen LogP contribution in [0.4, 0.5) is 17.6 Å². The minimum Gasteiger partial charge on any atom is -0.313 e. The second-order valence-electron chi connectivity index (χ2n) is 4.64. The van der Waals surface area contributed by atoms with E-state index in [0.717, 1.165) is 12.3 Å². The second-order valence-corrected chi connectivity index (χ2v) is 4.64. The zero-order valence-electron chi connectivity index (χ0n) is 11.3. The van der Waals surface area contributed by atoms with Gasteiger partial charge in [-0.05, 0) is 42.8 Å². The number of nitrogens with zero attached hydrogens (tertiary/aromatic N) is 1. The van der Waals surface area contributed by atoms with E-state index in [1.54, 1.807) is 13.1 Å². The van der Waals surface area contributed by atoms with Crippen molar-refractivity contribution in [3.8, 4) is 0 Å². The number of aromatic nitrogens is 1. The molecule has 1 unspecified atom stereocenters. The van der Waals surface area contributed by atoms with E-state index < -0.39 is 23.6 Å². The van der Waals surface area contributed by atoms with E-state index in [9.17, 15) is 17.6 Å². The molecule has 1 heterocycles. The summed E-state index contributed by atoms with van der Waals surface area (Å²) in [6.45, 7) is 0.